The third-order valence-electron chi connectivity index (χ3n) is 5.36. The van der Waals surface area contributed by atoms with Crippen molar-refractivity contribution in [2.75, 3.05) is 30.8 Å². The third-order valence-corrected chi connectivity index (χ3v) is 7.05. The van der Waals surface area contributed by atoms with Crippen LogP contribution in [0.15, 0.2) is 42.5 Å². The molecule has 0 aliphatic rings. The minimum absolute atomic E-state index is 0.0828. The number of nitrogens with zero attached hydrogens (tertiary/aromatic N) is 2. The number of carbonyl (C=O) groups excluding carboxylic acids is 2. The van der Waals surface area contributed by atoms with Crippen molar-refractivity contribution in [2.24, 2.45) is 0 Å². The summed E-state index contributed by atoms with van der Waals surface area (Å²) < 4.78 is 31.3. The zero-order valence-corrected chi connectivity index (χ0v) is 22.6. The van der Waals surface area contributed by atoms with Crippen molar-refractivity contribution in [1.29, 1.82) is 0 Å². The van der Waals surface area contributed by atoms with Crippen molar-refractivity contribution in [2.45, 2.75) is 39.3 Å². The Hall–Kier alpha value is -2.49. The van der Waals surface area contributed by atoms with Crippen molar-refractivity contribution >= 4 is 50.7 Å². The summed E-state index contributed by atoms with van der Waals surface area (Å²) in [5.41, 5.74) is 0.832. The number of methoxy groups -OCH3 is 1. The Morgan fingerprint density at radius 3 is 2.34 bits per heavy atom. The van der Waals surface area contributed by atoms with E-state index in [1.807, 2.05) is 6.92 Å². The normalized spacial score (nSPS) is 12.1. The van der Waals surface area contributed by atoms with Gasteiger partial charge in [0.05, 0.1) is 24.1 Å². The van der Waals surface area contributed by atoms with E-state index in [-0.39, 0.29) is 28.2 Å². The highest BCUT2D eigenvalue weighted by Gasteiger charge is 2.30. The molecule has 1 atom stereocenters. The van der Waals surface area contributed by atoms with Crippen molar-refractivity contribution in [3.63, 3.8) is 0 Å². The third kappa shape index (κ3) is 8.30. The van der Waals surface area contributed by atoms with Crippen molar-refractivity contribution in [3.8, 4) is 5.75 Å². The summed E-state index contributed by atoms with van der Waals surface area (Å²) in [4.78, 5) is 27.7. The van der Waals surface area contributed by atoms with Gasteiger partial charge in [0.2, 0.25) is 21.8 Å². The first kappa shape index (κ1) is 28.7. The van der Waals surface area contributed by atoms with E-state index in [0.717, 1.165) is 29.0 Å². The standard InChI is InChI=1S/C24H31Cl2N3O5S/c1-5-6-13-27-24(31)17(2)28(15-18-7-10-20(34-3)11-8-18)23(30)16-29(35(4,32)33)22-14-19(25)9-12-21(22)26/h7-12,14,17H,5-6,13,15-16H2,1-4H3,(H,27,31)/t17-/m1/s1. The van der Waals surface area contributed by atoms with Crippen LogP contribution in [0.1, 0.15) is 32.3 Å². The van der Waals surface area contributed by atoms with Gasteiger partial charge in [0.25, 0.3) is 0 Å². The molecule has 2 rings (SSSR count). The van der Waals surface area contributed by atoms with Crippen LogP contribution in [0.4, 0.5) is 5.69 Å². The summed E-state index contributed by atoms with van der Waals surface area (Å²) in [6.45, 7) is 3.64. The minimum Gasteiger partial charge on any atom is -0.497 e. The van der Waals surface area contributed by atoms with E-state index in [4.69, 9.17) is 27.9 Å². The summed E-state index contributed by atoms with van der Waals surface area (Å²) in [6, 6.07) is 10.6. The van der Waals surface area contributed by atoms with E-state index in [9.17, 15) is 18.0 Å². The van der Waals surface area contributed by atoms with E-state index < -0.39 is 28.5 Å². The number of rotatable bonds is 12. The number of halogens is 2. The summed E-state index contributed by atoms with van der Waals surface area (Å²) >= 11 is 12.3. The van der Waals surface area contributed by atoms with Crippen LogP contribution in [-0.4, -0.2) is 57.6 Å². The van der Waals surface area contributed by atoms with Gasteiger partial charge >= 0.3 is 0 Å². The molecule has 35 heavy (non-hydrogen) atoms. The van der Waals surface area contributed by atoms with Crippen LogP contribution < -0.4 is 14.4 Å². The van der Waals surface area contributed by atoms with Crippen LogP contribution in [0.5, 0.6) is 5.75 Å². The fourth-order valence-electron chi connectivity index (χ4n) is 3.32. The van der Waals surface area contributed by atoms with E-state index in [0.29, 0.717) is 12.3 Å². The van der Waals surface area contributed by atoms with Gasteiger partial charge in [-0.05, 0) is 49.2 Å². The van der Waals surface area contributed by atoms with Gasteiger partial charge in [0.1, 0.15) is 18.3 Å². The fourth-order valence-corrected chi connectivity index (χ4v) is 4.61. The molecular formula is C24H31Cl2N3O5S. The lowest BCUT2D eigenvalue weighted by atomic mass is 10.1. The second-order valence-corrected chi connectivity index (χ2v) is 10.8. The summed E-state index contributed by atoms with van der Waals surface area (Å²) in [6.07, 6.45) is 2.69. The number of unbranched alkanes of at least 4 members (excludes halogenated alkanes) is 1. The van der Waals surface area contributed by atoms with Gasteiger partial charge in [-0.2, -0.15) is 0 Å². The molecule has 0 saturated heterocycles. The smallest absolute Gasteiger partial charge is 0.244 e. The van der Waals surface area contributed by atoms with Gasteiger partial charge in [-0.3, -0.25) is 13.9 Å². The molecule has 0 saturated carbocycles. The molecule has 0 spiro atoms. The van der Waals surface area contributed by atoms with Crippen molar-refractivity contribution < 1.29 is 22.7 Å². The number of carbonyl (C=O) groups is 2. The Bertz CT molecular complexity index is 1130. The number of hydrogen-bond acceptors (Lipinski definition) is 5. The fraction of sp³-hybridized carbons (Fsp3) is 0.417. The zero-order valence-electron chi connectivity index (χ0n) is 20.3. The quantitative estimate of drug-likeness (QED) is 0.406. The van der Waals surface area contributed by atoms with Crippen LogP contribution in [0.25, 0.3) is 0 Å². The van der Waals surface area contributed by atoms with Crippen LogP contribution in [0.3, 0.4) is 0 Å². The molecule has 0 aromatic heterocycles. The second kappa shape index (κ2) is 13.0. The molecule has 0 heterocycles. The van der Waals surface area contributed by atoms with Crippen LogP contribution in [0, 0.1) is 0 Å². The second-order valence-electron chi connectivity index (χ2n) is 8.06. The molecule has 1 N–H and O–H groups in total. The highest BCUT2D eigenvalue weighted by molar-refractivity contribution is 7.92. The molecule has 2 aromatic rings. The summed E-state index contributed by atoms with van der Waals surface area (Å²) in [7, 11) is -2.36. The van der Waals surface area contributed by atoms with Crippen LogP contribution in [0.2, 0.25) is 10.0 Å². The largest absolute Gasteiger partial charge is 0.497 e. The maximum Gasteiger partial charge on any atom is 0.244 e. The highest BCUT2D eigenvalue weighted by Crippen LogP contribution is 2.31. The highest BCUT2D eigenvalue weighted by atomic mass is 35.5. The molecule has 0 bridgehead atoms. The van der Waals surface area contributed by atoms with E-state index in [2.05, 4.69) is 5.32 Å². The molecule has 8 nitrogen and oxygen atoms in total. The number of anilines is 1. The molecule has 0 fully saturated rings. The summed E-state index contributed by atoms with van der Waals surface area (Å²) in [5.74, 6) is -0.247. The first-order chi connectivity index (χ1) is 16.5. The molecule has 0 aliphatic heterocycles. The first-order valence-corrected chi connectivity index (χ1v) is 13.7. The topological polar surface area (TPSA) is 96.0 Å². The van der Waals surface area contributed by atoms with E-state index >= 15 is 0 Å². The molecule has 2 aromatic carbocycles. The Balaban J connectivity index is 2.38. The lowest BCUT2D eigenvalue weighted by molar-refractivity contribution is -0.139. The Morgan fingerprint density at radius 2 is 1.77 bits per heavy atom. The Labute approximate surface area is 217 Å². The van der Waals surface area contributed by atoms with Gasteiger partial charge in [0, 0.05) is 18.1 Å². The molecule has 11 heteroatoms. The summed E-state index contributed by atoms with van der Waals surface area (Å²) in [5, 5.41) is 3.22. The number of hydrogen-bond donors (Lipinski definition) is 1. The number of nitrogens with one attached hydrogen (secondary N) is 1. The number of sulfonamides is 1. The molecule has 0 radical (unpaired) electrons. The Morgan fingerprint density at radius 1 is 1.11 bits per heavy atom. The molecule has 2 amide bonds. The van der Waals surface area contributed by atoms with Gasteiger partial charge < -0.3 is 15.0 Å². The molecule has 0 aliphatic carbocycles. The van der Waals surface area contributed by atoms with Crippen molar-refractivity contribution in [3.05, 3.63) is 58.1 Å². The average molecular weight is 545 g/mol. The Kier molecular flexibility index (Phi) is 10.7. The molecular weight excluding hydrogens is 513 g/mol. The minimum atomic E-state index is -3.91. The lowest BCUT2D eigenvalue weighted by Gasteiger charge is -2.31. The van der Waals surface area contributed by atoms with Gasteiger partial charge in [0.15, 0.2) is 0 Å². The predicted molar refractivity (Wildman–Crippen MR) is 140 cm³/mol. The maximum absolute atomic E-state index is 13.5. The number of amides is 2. The first-order valence-electron chi connectivity index (χ1n) is 11.1. The average Bonchev–Trinajstić information content (AvgIpc) is 2.81. The van der Waals surface area contributed by atoms with Crippen molar-refractivity contribution in [1.82, 2.24) is 10.2 Å². The monoisotopic (exact) mass is 543 g/mol. The van der Waals surface area contributed by atoms with Gasteiger partial charge in [-0.1, -0.05) is 48.7 Å². The predicted octanol–water partition coefficient (Wildman–Crippen LogP) is 4.10. The SMILES string of the molecule is CCCCNC(=O)[C@@H](C)N(Cc1ccc(OC)cc1)C(=O)CN(c1cc(Cl)ccc1Cl)S(C)(=O)=O. The van der Waals surface area contributed by atoms with Crippen LogP contribution >= 0.6 is 23.2 Å². The lowest BCUT2D eigenvalue weighted by Crippen LogP contribution is -2.51. The number of ether oxygens (including phenoxy) is 1. The zero-order chi connectivity index (χ0) is 26.2. The maximum atomic E-state index is 13.5. The molecule has 192 valence electrons. The van der Waals surface area contributed by atoms with Crippen LogP contribution in [-0.2, 0) is 26.2 Å². The van der Waals surface area contributed by atoms with E-state index in [1.54, 1.807) is 38.3 Å². The number of benzene rings is 2. The van der Waals surface area contributed by atoms with E-state index in [1.165, 1.54) is 23.1 Å². The van der Waals surface area contributed by atoms with Gasteiger partial charge in [-0.15, -0.1) is 0 Å². The van der Waals surface area contributed by atoms with Gasteiger partial charge in [-0.25, -0.2) is 8.42 Å². The molecule has 0 unspecified atom stereocenters.